The second kappa shape index (κ2) is 9.29. The number of esters is 1. The van der Waals surface area contributed by atoms with Crippen LogP contribution < -0.4 is 20.1 Å². The molecule has 1 heterocycles. The Kier molecular flexibility index (Phi) is 6.56. The van der Waals surface area contributed by atoms with Crippen molar-refractivity contribution < 1.29 is 23.8 Å². The lowest BCUT2D eigenvalue weighted by atomic mass is 10.2. The van der Waals surface area contributed by atoms with Crippen LogP contribution in [-0.2, 0) is 11.3 Å². The van der Waals surface area contributed by atoms with Crippen molar-refractivity contribution in [2.24, 2.45) is 0 Å². The highest BCUT2D eigenvalue weighted by molar-refractivity contribution is 7.20. The van der Waals surface area contributed by atoms with Crippen LogP contribution in [0.25, 0.3) is 10.1 Å². The average Bonchev–Trinajstić information content (AvgIpc) is 3.15. The van der Waals surface area contributed by atoms with Crippen LogP contribution in [0.3, 0.4) is 0 Å². The van der Waals surface area contributed by atoms with Gasteiger partial charge < -0.3 is 24.8 Å². The third-order valence-corrected chi connectivity index (χ3v) is 5.27. The highest BCUT2D eigenvalue weighted by Gasteiger charge is 2.13. The van der Waals surface area contributed by atoms with Gasteiger partial charge in [0.2, 0.25) is 0 Å². The van der Waals surface area contributed by atoms with E-state index in [1.54, 1.807) is 39.3 Å². The van der Waals surface area contributed by atoms with Gasteiger partial charge in [-0.15, -0.1) is 11.3 Å². The van der Waals surface area contributed by atoms with Gasteiger partial charge in [0.1, 0.15) is 4.88 Å². The quantitative estimate of drug-likeness (QED) is 0.559. The first-order valence-corrected chi connectivity index (χ1v) is 9.82. The maximum Gasteiger partial charge on any atom is 0.348 e. The number of hydrogen-bond acceptors (Lipinski definition) is 6. The molecule has 1 aromatic heterocycles. The number of carbonyl (C=O) groups excluding carboxylic acids is 2. The summed E-state index contributed by atoms with van der Waals surface area (Å²) in [7, 11) is 3.12. The fourth-order valence-electron chi connectivity index (χ4n) is 2.87. The zero-order valence-corrected chi connectivity index (χ0v) is 17.2. The number of para-hydroxylation sites is 1. The molecule has 7 nitrogen and oxygen atoms in total. The van der Waals surface area contributed by atoms with Crippen LogP contribution >= 0.6 is 11.3 Å². The third kappa shape index (κ3) is 4.78. The average molecular weight is 414 g/mol. The van der Waals surface area contributed by atoms with E-state index >= 15 is 0 Å². The van der Waals surface area contributed by atoms with E-state index in [9.17, 15) is 9.59 Å². The zero-order chi connectivity index (χ0) is 20.8. The molecule has 3 rings (SSSR count). The Labute approximate surface area is 172 Å². The first-order valence-electron chi connectivity index (χ1n) is 9.01. The van der Waals surface area contributed by atoms with Gasteiger partial charge in [-0.2, -0.15) is 0 Å². The van der Waals surface area contributed by atoms with Crippen LogP contribution in [0.2, 0.25) is 0 Å². The molecule has 3 aromatic rings. The van der Waals surface area contributed by atoms with Crippen LogP contribution in [0.4, 0.5) is 10.5 Å². The molecule has 2 N–H and O–H groups in total. The van der Waals surface area contributed by atoms with E-state index in [1.807, 2.05) is 24.3 Å². The molecule has 29 heavy (non-hydrogen) atoms. The lowest BCUT2D eigenvalue weighted by Crippen LogP contribution is -2.28. The minimum atomic E-state index is -0.352. The molecule has 0 saturated carbocycles. The summed E-state index contributed by atoms with van der Waals surface area (Å²) in [6.45, 7) is 2.38. The predicted molar refractivity (Wildman–Crippen MR) is 113 cm³/mol. The first-order chi connectivity index (χ1) is 14.0. The minimum absolute atomic E-state index is 0.278. The van der Waals surface area contributed by atoms with Crippen LogP contribution in [0, 0.1) is 0 Å². The Morgan fingerprint density at radius 2 is 1.90 bits per heavy atom. The number of anilines is 1. The van der Waals surface area contributed by atoms with Crippen molar-refractivity contribution in [1.82, 2.24) is 5.32 Å². The number of hydrogen-bond donors (Lipinski definition) is 2. The van der Waals surface area contributed by atoms with E-state index in [-0.39, 0.29) is 18.5 Å². The van der Waals surface area contributed by atoms with Crippen LogP contribution in [0.1, 0.15) is 22.2 Å². The summed E-state index contributed by atoms with van der Waals surface area (Å²) in [6, 6.07) is 12.4. The van der Waals surface area contributed by atoms with Crippen molar-refractivity contribution >= 4 is 39.1 Å². The standard InChI is InChI=1S/C21H22N2O5S/c1-4-28-20(24)18-11-14-10-15(8-9-17(14)29-18)23-21(25)22-12-13-6-5-7-16(26-2)19(13)27-3/h5-11H,4,12H2,1-3H3,(H2,22,23,25). The van der Waals surface area contributed by atoms with Gasteiger partial charge in [0, 0.05) is 22.5 Å². The number of rotatable bonds is 7. The summed E-state index contributed by atoms with van der Waals surface area (Å²) in [6.07, 6.45) is 0. The van der Waals surface area contributed by atoms with Gasteiger partial charge in [-0.25, -0.2) is 9.59 Å². The Morgan fingerprint density at radius 3 is 2.62 bits per heavy atom. The predicted octanol–water partition coefficient (Wildman–Crippen LogP) is 4.42. The van der Waals surface area contributed by atoms with E-state index in [2.05, 4.69) is 10.6 Å². The maximum atomic E-state index is 12.3. The number of carbonyl (C=O) groups is 2. The van der Waals surface area contributed by atoms with Crippen molar-refractivity contribution in [1.29, 1.82) is 0 Å². The van der Waals surface area contributed by atoms with Gasteiger partial charge in [0.25, 0.3) is 0 Å². The Bertz CT molecular complexity index is 1030. The summed E-state index contributed by atoms with van der Waals surface area (Å²) < 4.78 is 16.6. The summed E-state index contributed by atoms with van der Waals surface area (Å²) >= 11 is 1.36. The molecule has 8 heteroatoms. The zero-order valence-electron chi connectivity index (χ0n) is 16.4. The van der Waals surface area contributed by atoms with E-state index in [1.165, 1.54) is 11.3 Å². The van der Waals surface area contributed by atoms with Crippen molar-refractivity contribution in [3.8, 4) is 11.5 Å². The number of nitrogens with one attached hydrogen (secondary N) is 2. The molecule has 0 saturated heterocycles. The minimum Gasteiger partial charge on any atom is -0.493 e. The molecular formula is C21H22N2O5S. The van der Waals surface area contributed by atoms with Gasteiger partial charge in [-0.1, -0.05) is 12.1 Å². The molecule has 0 spiro atoms. The number of urea groups is 1. The molecular weight excluding hydrogens is 392 g/mol. The number of ether oxygens (including phenoxy) is 3. The fraction of sp³-hybridized carbons (Fsp3) is 0.238. The molecule has 0 atom stereocenters. The van der Waals surface area contributed by atoms with Crippen molar-refractivity contribution in [3.63, 3.8) is 0 Å². The number of thiophene rings is 1. The Balaban J connectivity index is 1.66. The molecule has 0 fully saturated rings. The highest BCUT2D eigenvalue weighted by Crippen LogP contribution is 2.31. The van der Waals surface area contributed by atoms with Crippen molar-refractivity contribution in [3.05, 3.63) is 52.9 Å². The monoisotopic (exact) mass is 414 g/mol. The van der Waals surface area contributed by atoms with E-state index in [4.69, 9.17) is 14.2 Å². The van der Waals surface area contributed by atoms with Crippen molar-refractivity contribution in [2.75, 3.05) is 26.1 Å². The summed E-state index contributed by atoms with van der Waals surface area (Å²) in [5.74, 6) is 0.849. The Hall–Kier alpha value is -3.26. The van der Waals surface area contributed by atoms with Gasteiger partial charge in [-0.05, 0) is 42.6 Å². The molecule has 0 bridgehead atoms. The topological polar surface area (TPSA) is 85.9 Å². The molecule has 0 aliphatic carbocycles. The molecule has 0 aliphatic rings. The number of amides is 2. The number of fused-ring (bicyclic) bond motifs is 1. The molecule has 152 valence electrons. The van der Waals surface area contributed by atoms with Crippen molar-refractivity contribution in [2.45, 2.75) is 13.5 Å². The van der Waals surface area contributed by atoms with E-state index in [0.29, 0.717) is 28.7 Å². The van der Waals surface area contributed by atoms with Gasteiger partial charge in [0.15, 0.2) is 11.5 Å². The normalized spacial score (nSPS) is 10.4. The van der Waals surface area contributed by atoms with E-state index < -0.39 is 0 Å². The summed E-state index contributed by atoms with van der Waals surface area (Å²) in [5.41, 5.74) is 1.43. The Morgan fingerprint density at radius 1 is 1.07 bits per heavy atom. The second-order valence-electron chi connectivity index (χ2n) is 6.04. The molecule has 2 amide bonds. The lowest BCUT2D eigenvalue weighted by Gasteiger charge is -2.13. The molecule has 0 radical (unpaired) electrons. The first kappa shape index (κ1) is 20.5. The maximum absolute atomic E-state index is 12.3. The summed E-state index contributed by atoms with van der Waals surface area (Å²) in [5, 5.41) is 6.47. The van der Waals surface area contributed by atoms with Crippen LogP contribution in [-0.4, -0.2) is 32.8 Å². The van der Waals surface area contributed by atoms with Crippen LogP contribution in [0.5, 0.6) is 11.5 Å². The SMILES string of the molecule is CCOC(=O)c1cc2cc(NC(=O)NCc3cccc(OC)c3OC)ccc2s1. The largest absolute Gasteiger partial charge is 0.493 e. The fourth-order valence-corrected chi connectivity index (χ4v) is 3.80. The molecule has 2 aromatic carbocycles. The summed E-state index contributed by atoms with van der Waals surface area (Å²) in [4.78, 5) is 24.7. The van der Waals surface area contributed by atoms with Gasteiger partial charge in [-0.3, -0.25) is 0 Å². The highest BCUT2D eigenvalue weighted by atomic mass is 32.1. The second-order valence-corrected chi connectivity index (χ2v) is 7.13. The third-order valence-electron chi connectivity index (χ3n) is 4.17. The van der Waals surface area contributed by atoms with E-state index in [0.717, 1.165) is 15.6 Å². The van der Waals surface area contributed by atoms with Gasteiger partial charge >= 0.3 is 12.0 Å². The molecule has 0 unspecified atom stereocenters. The molecule has 0 aliphatic heterocycles. The van der Waals surface area contributed by atoms with Crippen LogP contribution in [0.15, 0.2) is 42.5 Å². The van der Waals surface area contributed by atoms with Gasteiger partial charge in [0.05, 0.1) is 20.8 Å². The number of benzene rings is 2. The smallest absolute Gasteiger partial charge is 0.348 e. The number of methoxy groups -OCH3 is 2. The lowest BCUT2D eigenvalue weighted by molar-refractivity contribution is 0.0532.